The molecule has 3 heterocycles. The van der Waals surface area contributed by atoms with Gasteiger partial charge in [-0.15, -0.1) is 10.2 Å². The summed E-state index contributed by atoms with van der Waals surface area (Å²) in [5, 5.41) is 17.8. The van der Waals surface area contributed by atoms with Crippen molar-refractivity contribution >= 4 is 11.6 Å². The van der Waals surface area contributed by atoms with E-state index in [1.165, 1.54) is 11.0 Å². The van der Waals surface area contributed by atoms with Crippen molar-refractivity contribution in [2.24, 2.45) is 18.9 Å². The minimum atomic E-state index is -4.57. The molecule has 208 valence electrons. The fourth-order valence-electron chi connectivity index (χ4n) is 6.82. The lowest BCUT2D eigenvalue weighted by Crippen LogP contribution is -2.44. The SMILES string of the molecule is CC1CCCN(Cc2cc3c(c(C(F)(F)F)c2)CN(c2cccc(C4(c5nncn5C)CC(C#N)C4)c2)C3=O)C1. The van der Waals surface area contributed by atoms with E-state index in [2.05, 4.69) is 28.1 Å². The molecule has 2 fully saturated rings. The number of benzene rings is 2. The molecule has 1 amide bonds. The van der Waals surface area contributed by atoms with Gasteiger partial charge in [-0.2, -0.15) is 18.4 Å². The van der Waals surface area contributed by atoms with Crippen molar-refractivity contribution in [1.29, 1.82) is 5.26 Å². The standard InChI is InChI=1S/C30H31F3N6O/c1-19-5-4-8-38(15-19)16-20-9-24-25(26(10-20)30(31,32)33)17-39(27(24)40)23-7-3-6-22(11-23)29(12-21(13-29)14-34)28-36-35-18-37(28)2/h3,6-7,9-11,18-19,21H,4-5,8,12-13,15-17H2,1-2H3. The first-order valence-electron chi connectivity index (χ1n) is 13.7. The Bertz CT molecular complexity index is 1500. The van der Waals surface area contributed by atoms with Crippen molar-refractivity contribution in [1.82, 2.24) is 19.7 Å². The van der Waals surface area contributed by atoms with Crippen LogP contribution in [0.25, 0.3) is 0 Å². The zero-order chi connectivity index (χ0) is 28.2. The molecule has 7 nitrogen and oxygen atoms in total. The smallest absolute Gasteiger partial charge is 0.320 e. The van der Waals surface area contributed by atoms with Gasteiger partial charge in [0.2, 0.25) is 0 Å². The summed E-state index contributed by atoms with van der Waals surface area (Å²) in [6.07, 6.45) is 0.306. The number of anilines is 1. The maximum Gasteiger partial charge on any atom is 0.416 e. The normalized spacial score (nSPS) is 25.0. The number of piperidine rings is 1. The summed E-state index contributed by atoms with van der Waals surface area (Å²) < 4.78 is 44.7. The number of halogens is 3. The average molecular weight is 549 g/mol. The number of carbonyl (C=O) groups is 1. The second-order valence-corrected chi connectivity index (χ2v) is 11.7. The quantitative estimate of drug-likeness (QED) is 0.424. The third-order valence-electron chi connectivity index (χ3n) is 8.78. The lowest BCUT2D eigenvalue weighted by atomic mass is 9.58. The molecule has 2 aromatic carbocycles. The number of aromatic nitrogens is 3. The Labute approximate surface area is 231 Å². The molecule has 1 saturated carbocycles. The van der Waals surface area contributed by atoms with E-state index in [-0.39, 0.29) is 23.6 Å². The van der Waals surface area contributed by atoms with Crippen molar-refractivity contribution in [3.05, 3.63) is 76.4 Å². The highest BCUT2D eigenvalue weighted by molar-refractivity contribution is 6.10. The summed E-state index contributed by atoms with van der Waals surface area (Å²) in [7, 11) is 1.85. The van der Waals surface area contributed by atoms with Gasteiger partial charge in [-0.25, -0.2) is 0 Å². The van der Waals surface area contributed by atoms with Gasteiger partial charge in [0.1, 0.15) is 12.2 Å². The highest BCUT2D eigenvalue weighted by atomic mass is 19.4. The first-order chi connectivity index (χ1) is 19.1. The van der Waals surface area contributed by atoms with Gasteiger partial charge < -0.3 is 9.47 Å². The second kappa shape index (κ2) is 9.73. The molecule has 3 aromatic rings. The lowest BCUT2D eigenvalue weighted by Gasteiger charge is -2.44. The van der Waals surface area contributed by atoms with E-state index in [0.717, 1.165) is 37.3 Å². The van der Waals surface area contributed by atoms with E-state index in [4.69, 9.17) is 0 Å². The predicted octanol–water partition coefficient (Wildman–Crippen LogP) is 5.45. The highest BCUT2D eigenvalue weighted by Gasteiger charge is 2.50. The van der Waals surface area contributed by atoms with E-state index in [9.17, 15) is 23.2 Å². The molecule has 10 heteroatoms. The number of amides is 1. The van der Waals surface area contributed by atoms with Crippen molar-refractivity contribution < 1.29 is 18.0 Å². The number of nitrogens with zero attached hydrogens (tertiary/aromatic N) is 6. The summed E-state index contributed by atoms with van der Waals surface area (Å²) in [4.78, 5) is 17.3. The molecule has 0 spiro atoms. The van der Waals surface area contributed by atoms with Gasteiger partial charge in [-0.05, 0) is 79.1 Å². The zero-order valence-electron chi connectivity index (χ0n) is 22.6. The van der Waals surface area contributed by atoms with Crippen molar-refractivity contribution in [3.63, 3.8) is 0 Å². The number of nitriles is 1. The van der Waals surface area contributed by atoms with Gasteiger partial charge >= 0.3 is 6.18 Å². The Hall–Kier alpha value is -3.71. The monoisotopic (exact) mass is 548 g/mol. The number of alkyl halides is 3. The maximum atomic E-state index is 14.3. The van der Waals surface area contributed by atoms with Crippen LogP contribution in [0.15, 0.2) is 42.7 Å². The molecule has 2 aliphatic heterocycles. The highest BCUT2D eigenvalue weighted by Crippen LogP contribution is 2.52. The fraction of sp³-hybridized carbons (Fsp3) is 0.467. The Kier molecular flexibility index (Phi) is 6.45. The second-order valence-electron chi connectivity index (χ2n) is 11.7. The topological polar surface area (TPSA) is 78.1 Å². The Morgan fingerprint density at radius 2 is 2.00 bits per heavy atom. The average Bonchev–Trinajstić information content (AvgIpc) is 3.46. The number of hydrogen-bond acceptors (Lipinski definition) is 5. The number of aryl methyl sites for hydroxylation is 1. The Morgan fingerprint density at radius 1 is 1.20 bits per heavy atom. The largest absolute Gasteiger partial charge is 0.416 e. The van der Waals surface area contributed by atoms with Gasteiger partial charge in [0.05, 0.1) is 23.6 Å². The van der Waals surface area contributed by atoms with Crippen LogP contribution in [0.5, 0.6) is 0 Å². The van der Waals surface area contributed by atoms with Crippen molar-refractivity contribution in [3.8, 4) is 6.07 Å². The number of rotatable bonds is 5. The molecule has 0 bridgehead atoms. The Balaban J connectivity index is 1.35. The van der Waals surface area contributed by atoms with Crippen LogP contribution in [0.2, 0.25) is 0 Å². The molecule has 6 rings (SSSR count). The minimum absolute atomic E-state index is 0.0230. The van der Waals surface area contributed by atoms with E-state index >= 15 is 0 Å². The van der Waals surface area contributed by atoms with E-state index in [1.807, 2.05) is 29.8 Å². The van der Waals surface area contributed by atoms with Gasteiger partial charge in [-0.1, -0.05) is 19.1 Å². The van der Waals surface area contributed by atoms with Crippen LogP contribution < -0.4 is 4.90 Å². The number of carbonyl (C=O) groups excluding carboxylic acids is 1. The van der Waals surface area contributed by atoms with Crippen LogP contribution in [-0.2, 0) is 31.7 Å². The maximum absolute atomic E-state index is 14.3. The van der Waals surface area contributed by atoms with Gasteiger partial charge in [0.25, 0.3) is 5.91 Å². The molecular formula is C30H31F3N6O. The summed E-state index contributed by atoms with van der Waals surface area (Å²) in [6.45, 7) is 4.08. The van der Waals surface area contributed by atoms with Gasteiger partial charge in [0, 0.05) is 37.3 Å². The third kappa shape index (κ3) is 4.46. The van der Waals surface area contributed by atoms with Crippen LogP contribution in [-0.4, -0.2) is 38.7 Å². The molecule has 0 radical (unpaired) electrons. The Morgan fingerprint density at radius 3 is 2.67 bits per heavy atom. The minimum Gasteiger partial charge on any atom is -0.320 e. The van der Waals surface area contributed by atoms with Crippen LogP contribution in [0.4, 0.5) is 18.9 Å². The fourth-order valence-corrected chi connectivity index (χ4v) is 6.82. The van der Waals surface area contributed by atoms with Crippen LogP contribution in [0.3, 0.4) is 0 Å². The first kappa shape index (κ1) is 26.5. The predicted molar refractivity (Wildman–Crippen MR) is 142 cm³/mol. The van der Waals surface area contributed by atoms with E-state index < -0.39 is 23.1 Å². The van der Waals surface area contributed by atoms with Crippen LogP contribution >= 0.6 is 0 Å². The van der Waals surface area contributed by atoms with Crippen LogP contribution in [0.1, 0.15) is 71.0 Å². The summed E-state index contributed by atoms with van der Waals surface area (Å²) in [5.74, 6) is 0.665. The van der Waals surface area contributed by atoms with Gasteiger partial charge in [-0.3, -0.25) is 9.69 Å². The number of fused-ring (bicyclic) bond motifs is 1. The number of hydrogen-bond donors (Lipinski definition) is 0. The molecule has 1 saturated heterocycles. The molecule has 40 heavy (non-hydrogen) atoms. The number of likely N-dealkylation sites (tertiary alicyclic amines) is 1. The third-order valence-corrected chi connectivity index (χ3v) is 8.78. The molecule has 1 aliphatic carbocycles. The van der Waals surface area contributed by atoms with E-state index in [1.54, 1.807) is 18.5 Å². The molecular weight excluding hydrogens is 517 g/mol. The molecule has 0 N–H and O–H groups in total. The summed E-state index contributed by atoms with van der Waals surface area (Å²) >= 11 is 0. The molecule has 1 aromatic heterocycles. The molecule has 1 unspecified atom stereocenters. The zero-order valence-corrected chi connectivity index (χ0v) is 22.6. The summed E-state index contributed by atoms with van der Waals surface area (Å²) in [6, 6.07) is 12.6. The molecule has 1 atom stereocenters. The van der Waals surface area contributed by atoms with Gasteiger partial charge in [0.15, 0.2) is 0 Å². The van der Waals surface area contributed by atoms with Crippen molar-refractivity contribution in [2.75, 3.05) is 18.0 Å². The van der Waals surface area contributed by atoms with Crippen molar-refractivity contribution in [2.45, 2.75) is 57.3 Å². The first-order valence-corrected chi connectivity index (χ1v) is 13.7. The lowest BCUT2D eigenvalue weighted by molar-refractivity contribution is -0.138. The summed E-state index contributed by atoms with van der Waals surface area (Å²) in [5.41, 5.74) is 0.775. The van der Waals surface area contributed by atoms with E-state index in [0.29, 0.717) is 36.6 Å². The van der Waals surface area contributed by atoms with Crippen LogP contribution in [0, 0.1) is 23.2 Å². The molecule has 3 aliphatic rings.